The van der Waals surface area contributed by atoms with Crippen LogP contribution in [0.3, 0.4) is 0 Å². The molecule has 1 N–H and O–H groups in total. The number of nitrogens with zero attached hydrogens (tertiary/aromatic N) is 1. The second kappa shape index (κ2) is 6.87. The molecule has 0 saturated heterocycles. The number of carbonyl (C=O) groups excluding carboxylic acids is 1. The highest BCUT2D eigenvalue weighted by Crippen LogP contribution is 2.18. The maximum absolute atomic E-state index is 12.6. The fourth-order valence-electron chi connectivity index (χ4n) is 2.22. The molecule has 5 heteroatoms. The molecule has 0 aromatic heterocycles. The minimum atomic E-state index is 0. The number of amidine groups is 1. The smallest absolute Gasteiger partial charge is 0.193 e. The van der Waals surface area contributed by atoms with Crippen molar-refractivity contribution in [2.75, 3.05) is 13.1 Å². The van der Waals surface area contributed by atoms with Gasteiger partial charge in [0.25, 0.3) is 0 Å². The number of benzene rings is 2. The van der Waals surface area contributed by atoms with Crippen LogP contribution in [0.2, 0.25) is 0 Å². The Morgan fingerprint density at radius 2 is 1.81 bits per heavy atom. The van der Waals surface area contributed by atoms with Gasteiger partial charge in [-0.15, -0.1) is 12.4 Å². The first-order valence-electron chi connectivity index (χ1n) is 6.44. The molecule has 0 fully saturated rings. The van der Waals surface area contributed by atoms with Crippen molar-refractivity contribution in [1.29, 1.82) is 0 Å². The zero-order valence-electron chi connectivity index (χ0n) is 11.2. The maximum atomic E-state index is 12.6. The summed E-state index contributed by atoms with van der Waals surface area (Å²) in [5, 5.41) is 3.22. The molecule has 3 rings (SSSR count). The number of hydrogen-bond acceptors (Lipinski definition) is 3. The molecule has 2 aromatic carbocycles. The highest BCUT2D eigenvalue weighted by Gasteiger charge is 2.18. The van der Waals surface area contributed by atoms with Crippen molar-refractivity contribution < 1.29 is 4.79 Å². The van der Waals surface area contributed by atoms with Crippen molar-refractivity contribution in [2.24, 2.45) is 4.99 Å². The van der Waals surface area contributed by atoms with Gasteiger partial charge in [-0.05, 0) is 24.3 Å². The van der Waals surface area contributed by atoms with Crippen LogP contribution in [-0.4, -0.2) is 24.7 Å². The monoisotopic (exact) mass is 364 g/mol. The normalized spacial score (nSPS) is 13.1. The van der Waals surface area contributed by atoms with Gasteiger partial charge in [0.15, 0.2) is 5.78 Å². The summed E-state index contributed by atoms with van der Waals surface area (Å²) in [6.45, 7) is 1.59. The van der Waals surface area contributed by atoms with Crippen molar-refractivity contribution in [3.63, 3.8) is 0 Å². The Morgan fingerprint density at radius 3 is 2.48 bits per heavy atom. The van der Waals surface area contributed by atoms with E-state index in [1.54, 1.807) is 0 Å². The molecule has 0 radical (unpaired) electrons. The van der Waals surface area contributed by atoms with Crippen molar-refractivity contribution in [3.05, 3.63) is 69.7 Å². The summed E-state index contributed by atoms with van der Waals surface area (Å²) in [6.07, 6.45) is 0. The van der Waals surface area contributed by atoms with E-state index in [-0.39, 0.29) is 18.2 Å². The van der Waals surface area contributed by atoms with E-state index in [9.17, 15) is 4.79 Å². The Bertz CT molecular complexity index is 683. The molecule has 1 aliphatic rings. The molecule has 3 nitrogen and oxygen atoms in total. The van der Waals surface area contributed by atoms with E-state index in [1.807, 2.05) is 48.5 Å². The summed E-state index contributed by atoms with van der Waals surface area (Å²) in [6, 6.07) is 15.0. The van der Waals surface area contributed by atoms with E-state index in [0.717, 1.165) is 29.0 Å². The predicted octanol–water partition coefficient (Wildman–Crippen LogP) is 3.45. The second-order valence-corrected chi connectivity index (χ2v) is 5.45. The first kappa shape index (κ1) is 15.7. The number of carbonyl (C=O) groups is 1. The summed E-state index contributed by atoms with van der Waals surface area (Å²) in [4.78, 5) is 17.0. The van der Waals surface area contributed by atoms with Gasteiger partial charge in [-0.2, -0.15) is 0 Å². The molecule has 0 spiro atoms. The fourth-order valence-corrected chi connectivity index (χ4v) is 2.49. The van der Waals surface area contributed by atoms with E-state index >= 15 is 0 Å². The Kier molecular flexibility index (Phi) is 5.15. The first-order chi connectivity index (χ1) is 9.75. The Balaban J connectivity index is 0.00000161. The van der Waals surface area contributed by atoms with Gasteiger partial charge in [0.05, 0.1) is 6.54 Å². The van der Waals surface area contributed by atoms with Crippen molar-refractivity contribution in [3.8, 4) is 0 Å². The number of nitrogens with one attached hydrogen (secondary N) is 1. The maximum Gasteiger partial charge on any atom is 0.193 e. The molecule has 0 bridgehead atoms. The van der Waals surface area contributed by atoms with Crippen molar-refractivity contribution in [2.45, 2.75) is 0 Å². The molecule has 0 unspecified atom stereocenters. The number of halogens is 2. The Hall–Kier alpha value is -1.65. The van der Waals surface area contributed by atoms with Crippen LogP contribution in [0.25, 0.3) is 0 Å². The lowest BCUT2D eigenvalue weighted by Crippen LogP contribution is -2.22. The van der Waals surface area contributed by atoms with Crippen LogP contribution in [-0.2, 0) is 0 Å². The summed E-state index contributed by atoms with van der Waals surface area (Å²) >= 11 is 3.38. The summed E-state index contributed by atoms with van der Waals surface area (Å²) in [5.74, 6) is 0.829. The molecule has 108 valence electrons. The highest BCUT2D eigenvalue weighted by atomic mass is 79.9. The molecule has 0 amide bonds. The summed E-state index contributed by atoms with van der Waals surface area (Å²) in [5.41, 5.74) is 2.24. The molecule has 1 aliphatic heterocycles. The topological polar surface area (TPSA) is 41.5 Å². The largest absolute Gasteiger partial charge is 0.368 e. The van der Waals surface area contributed by atoms with Gasteiger partial charge < -0.3 is 5.32 Å². The number of ketones is 1. The van der Waals surface area contributed by atoms with E-state index < -0.39 is 0 Å². The minimum absolute atomic E-state index is 0. The molecule has 0 aliphatic carbocycles. The van der Waals surface area contributed by atoms with Crippen LogP contribution in [0.15, 0.2) is 58.0 Å². The van der Waals surface area contributed by atoms with Crippen LogP contribution < -0.4 is 5.32 Å². The lowest BCUT2D eigenvalue weighted by molar-refractivity contribution is 0.103. The van der Waals surface area contributed by atoms with Crippen LogP contribution in [0.4, 0.5) is 0 Å². The lowest BCUT2D eigenvalue weighted by atomic mass is 9.98. The third-order valence-electron chi connectivity index (χ3n) is 3.21. The SMILES string of the molecule is Cl.O=C(c1ccc(Br)cc1)c1ccccc1C1=NCCN1. The van der Waals surface area contributed by atoms with Crippen molar-refractivity contribution >= 4 is 40.0 Å². The Morgan fingerprint density at radius 1 is 1.10 bits per heavy atom. The molecule has 0 atom stereocenters. The predicted molar refractivity (Wildman–Crippen MR) is 90.7 cm³/mol. The summed E-state index contributed by atoms with van der Waals surface area (Å²) < 4.78 is 0.962. The van der Waals surface area contributed by atoms with Gasteiger partial charge in [-0.25, -0.2) is 0 Å². The molecular formula is C16H14BrClN2O. The third-order valence-corrected chi connectivity index (χ3v) is 3.74. The second-order valence-electron chi connectivity index (χ2n) is 4.54. The number of aliphatic imine (C=N–C) groups is 1. The third kappa shape index (κ3) is 3.34. The molecule has 21 heavy (non-hydrogen) atoms. The van der Waals surface area contributed by atoms with E-state index in [4.69, 9.17) is 0 Å². The van der Waals surface area contributed by atoms with Gasteiger partial charge in [-0.1, -0.05) is 40.2 Å². The fraction of sp³-hybridized carbons (Fsp3) is 0.125. The van der Waals surface area contributed by atoms with Gasteiger partial charge >= 0.3 is 0 Å². The van der Waals surface area contributed by atoms with E-state index in [0.29, 0.717) is 11.1 Å². The average Bonchev–Trinajstić information content (AvgIpc) is 3.01. The number of hydrogen-bond donors (Lipinski definition) is 1. The van der Waals surface area contributed by atoms with Gasteiger partial charge in [-0.3, -0.25) is 9.79 Å². The van der Waals surface area contributed by atoms with Gasteiger partial charge in [0, 0.05) is 27.7 Å². The number of rotatable bonds is 3. The van der Waals surface area contributed by atoms with Crippen LogP contribution in [0.1, 0.15) is 21.5 Å². The van der Waals surface area contributed by atoms with E-state index in [2.05, 4.69) is 26.2 Å². The Labute approximate surface area is 138 Å². The standard InChI is InChI=1S/C16H13BrN2O.ClH/c17-12-7-5-11(6-8-12)15(20)13-3-1-2-4-14(13)16-18-9-10-19-16;/h1-8H,9-10H2,(H,18,19);1H. The van der Waals surface area contributed by atoms with Gasteiger partial charge in [0.2, 0.25) is 0 Å². The molecule has 1 heterocycles. The van der Waals surface area contributed by atoms with Crippen LogP contribution >= 0.6 is 28.3 Å². The zero-order valence-corrected chi connectivity index (χ0v) is 13.6. The first-order valence-corrected chi connectivity index (χ1v) is 7.23. The molecule has 0 saturated carbocycles. The average molecular weight is 366 g/mol. The van der Waals surface area contributed by atoms with Crippen molar-refractivity contribution in [1.82, 2.24) is 5.32 Å². The van der Waals surface area contributed by atoms with Crippen LogP contribution in [0, 0.1) is 0 Å². The van der Waals surface area contributed by atoms with Crippen LogP contribution in [0.5, 0.6) is 0 Å². The summed E-state index contributed by atoms with van der Waals surface area (Å²) in [7, 11) is 0. The van der Waals surface area contributed by atoms with Gasteiger partial charge in [0.1, 0.15) is 5.84 Å². The minimum Gasteiger partial charge on any atom is -0.368 e. The highest BCUT2D eigenvalue weighted by molar-refractivity contribution is 9.10. The zero-order chi connectivity index (χ0) is 13.9. The quantitative estimate of drug-likeness (QED) is 0.847. The lowest BCUT2D eigenvalue weighted by Gasteiger charge is -2.09. The van der Waals surface area contributed by atoms with E-state index in [1.165, 1.54) is 0 Å². The molecule has 2 aromatic rings. The molecular weight excluding hydrogens is 352 g/mol.